The summed E-state index contributed by atoms with van der Waals surface area (Å²) in [7, 11) is 1.54. The molecule has 1 aromatic heterocycles. The van der Waals surface area contributed by atoms with Crippen LogP contribution in [0.2, 0.25) is 0 Å². The SMILES string of the molecule is COc1cccc([C@H](C(=O)NC[C@H]2CCCO2)N(Cc2ccc(F)cc2)C(=O)Cn2nnc3ccccc32)c1. The van der Waals surface area contributed by atoms with Crippen molar-refractivity contribution in [2.75, 3.05) is 20.3 Å². The normalized spacial score (nSPS) is 15.7. The number of rotatable bonds is 10. The number of hydrogen-bond donors (Lipinski definition) is 1. The molecule has 1 N–H and O–H groups in total. The number of carbonyl (C=O) groups is 2. The third-order valence-corrected chi connectivity index (χ3v) is 6.79. The molecule has 1 aliphatic rings. The molecule has 2 heterocycles. The average Bonchev–Trinajstić information content (AvgIpc) is 3.63. The lowest BCUT2D eigenvalue weighted by Gasteiger charge is -2.32. The summed E-state index contributed by atoms with van der Waals surface area (Å²) >= 11 is 0. The fourth-order valence-corrected chi connectivity index (χ4v) is 4.76. The molecule has 9 nitrogen and oxygen atoms in total. The van der Waals surface area contributed by atoms with Gasteiger partial charge in [-0.15, -0.1) is 5.10 Å². The predicted octanol–water partition coefficient (Wildman–Crippen LogP) is 3.64. The van der Waals surface area contributed by atoms with Gasteiger partial charge in [0.2, 0.25) is 11.8 Å². The van der Waals surface area contributed by atoms with Crippen molar-refractivity contribution in [3.8, 4) is 5.75 Å². The molecular formula is C29H30FN5O4. The van der Waals surface area contributed by atoms with Crippen LogP contribution in [0.4, 0.5) is 4.39 Å². The summed E-state index contributed by atoms with van der Waals surface area (Å²) in [6, 6.07) is 19.3. The van der Waals surface area contributed by atoms with Crippen LogP contribution >= 0.6 is 0 Å². The van der Waals surface area contributed by atoms with Crippen LogP contribution in [0.25, 0.3) is 11.0 Å². The van der Waals surface area contributed by atoms with Crippen LogP contribution in [0.15, 0.2) is 72.8 Å². The summed E-state index contributed by atoms with van der Waals surface area (Å²) in [6.45, 7) is 0.939. The summed E-state index contributed by atoms with van der Waals surface area (Å²) < 4.78 is 26.3. The van der Waals surface area contributed by atoms with Gasteiger partial charge in [-0.3, -0.25) is 9.59 Å². The van der Waals surface area contributed by atoms with E-state index in [-0.39, 0.29) is 36.8 Å². The molecule has 0 saturated carbocycles. The number of para-hydroxylation sites is 1. The Morgan fingerprint density at radius 1 is 1.15 bits per heavy atom. The number of ether oxygens (including phenoxy) is 2. The Bertz CT molecular complexity index is 1440. The quantitative estimate of drug-likeness (QED) is 0.336. The van der Waals surface area contributed by atoms with Crippen LogP contribution in [0.5, 0.6) is 5.75 Å². The van der Waals surface area contributed by atoms with Gasteiger partial charge < -0.3 is 19.7 Å². The summed E-state index contributed by atoms with van der Waals surface area (Å²) in [5.74, 6) is -0.530. The number of nitrogens with one attached hydrogen (secondary N) is 1. The first-order chi connectivity index (χ1) is 19.0. The zero-order valence-corrected chi connectivity index (χ0v) is 21.6. The van der Waals surface area contributed by atoms with Gasteiger partial charge in [-0.05, 0) is 60.4 Å². The molecule has 1 saturated heterocycles. The smallest absolute Gasteiger partial charge is 0.247 e. The molecule has 0 unspecified atom stereocenters. The molecule has 5 rings (SSSR count). The van der Waals surface area contributed by atoms with E-state index < -0.39 is 6.04 Å². The molecule has 2 amide bonds. The molecule has 0 spiro atoms. The first-order valence-corrected chi connectivity index (χ1v) is 12.9. The maximum absolute atomic E-state index is 14.0. The van der Waals surface area contributed by atoms with Crippen molar-refractivity contribution in [1.29, 1.82) is 0 Å². The van der Waals surface area contributed by atoms with Crippen LogP contribution in [-0.4, -0.2) is 58.1 Å². The molecule has 4 aromatic rings. The zero-order valence-electron chi connectivity index (χ0n) is 21.6. The standard InChI is InChI=1S/C29H30FN5O4/c1-38-23-7-4-6-21(16-23)28(29(37)31-17-24-8-5-15-39-24)34(18-20-11-13-22(30)14-12-20)27(36)19-35-26-10-3-2-9-25(26)32-33-35/h2-4,6-7,9-14,16,24,28H,5,8,15,17-19H2,1H3,(H,31,37)/t24-,28-/m1/s1. The van der Waals surface area contributed by atoms with Crippen molar-refractivity contribution >= 4 is 22.8 Å². The highest BCUT2D eigenvalue weighted by Crippen LogP contribution is 2.28. The van der Waals surface area contributed by atoms with E-state index >= 15 is 0 Å². The lowest BCUT2D eigenvalue weighted by atomic mass is 10.0. The molecule has 0 radical (unpaired) electrons. The van der Waals surface area contributed by atoms with E-state index in [0.29, 0.717) is 41.1 Å². The van der Waals surface area contributed by atoms with Gasteiger partial charge in [0, 0.05) is 19.7 Å². The second-order valence-electron chi connectivity index (χ2n) is 9.44. The minimum atomic E-state index is -0.992. The maximum Gasteiger partial charge on any atom is 0.247 e. The number of hydrogen-bond acceptors (Lipinski definition) is 6. The number of halogens is 1. The van der Waals surface area contributed by atoms with E-state index in [1.54, 1.807) is 43.5 Å². The Balaban J connectivity index is 1.51. The van der Waals surface area contributed by atoms with Gasteiger partial charge in [0.1, 0.15) is 29.7 Å². The summed E-state index contributed by atoms with van der Waals surface area (Å²) in [5.41, 5.74) is 2.62. The van der Waals surface area contributed by atoms with Gasteiger partial charge in [-0.1, -0.05) is 41.6 Å². The van der Waals surface area contributed by atoms with Gasteiger partial charge in [0.15, 0.2) is 0 Å². The molecular weight excluding hydrogens is 501 g/mol. The molecule has 0 bridgehead atoms. The Labute approximate surface area is 225 Å². The van der Waals surface area contributed by atoms with E-state index in [2.05, 4.69) is 15.6 Å². The van der Waals surface area contributed by atoms with Gasteiger partial charge in [-0.25, -0.2) is 9.07 Å². The Morgan fingerprint density at radius 3 is 2.74 bits per heavy atom. The molecule has 202 valence electrons. The first kappa shape index (κ1) is 26.3. The third-order valence-electron chi connectivity index (χ3n) is 6.79. The van der Waals surface area contributed by atoms with E-state index in [9.17, 15) is 14.0 Å². The second-order valence-corrected chi connectivity index (χ2v) is 9.44. The van der Waals surface area contributed by atoms with Crippen molar-refractivity contribution in [3.63, 3.8) is 0 Å². The number of amides is 2. The molecule has 3 aromatic carbocycles. The second kappa shape index (κ2) is 12.0. The average molecular weight is 532 g/mol. The van der Waals surface area contributed by atoms with Gasteiger partial charge in [0.25, 0.3) is 0 Å². The number of nitrogens with zero attached hydrogens (tertiary/aromatic N) is 4. The third kappa shape index (κ3) is 6.23. The lowest BCUT2D eigenvalue weighted by molar-refractivity contribution is -0.142. The van der Waals surface area contributed by atoms with Crippen molar-refractivity contribution in [2.45, 2.75) is 38.1 Å². The predicted molar refractivity (Wildman–Crippen MR) is 142 cm³/mol. The fraction of sp³-hybridized carbons (Fsp3) is 0.310. The topological polar surface area (TPSA) is 98.6 Å². The van der Waals surface area contributed by atoms with Gasteiger partial charge in [-0.2, -0.15) is 0 Å². The zero-order chi connectivity index (χ0) is 27.2. The molecule has 10 heteroatoms. The largest absolute Gasteiger partial charge is 0.497 e. The number of aromatic nitrogens is 3. The van der Waals surface area contributed by atoms with E-state index in [4.69, 9.17) is 9.47 Å². The number of benzene rings is 3. The van der Waals surface area contributed by atoms with Crippen LogP contribution in [-0.2, 0) is 27.4 Å². The first-order valence-electron chi connectivity index (χ1n) is 12.9. The Hall–Kier alpha value is -4.31. The fourth-order valence-electron chi connectivity index (χ4n) is 4.76. The molecule has 1 aliphatic heterocycles. The monoisotopic (exact) mass is 531 g/mol. The van der Waals surface area contributed by atoms with Crippen molar-refractivity contribution in [3.05, 3.63) is 89.7 Å². The summed E-state index contributed by atoms with van der Waals surface area (Å²) in [4.78, 5) is 29.3. The minimum absolute atomic E-state index is 0.0670. The number of fused-ring (bicyclic) bond motifs is 1. The Morgan fingerprint density at radius 2 is 1.97 bits per heavy atom. The van der Waals surface area contributed by atoms with Crippen LogP contribution in [0.1, 0.15) is 30.0 Å². The van der Waals surface area contributed by atoms with Gasteiger partial charge >= 0.3 is 0 Å². The van der Waals surface area contributed by atoms with E-state index in [1.807, 2.05) is 24.3 Å². The maximum atomic E-state index is 14.0. The summed E-state index contributed by atoms with van der Waals surface area (Å²) in [5, 5.41) is 11.3. The van der Waals surface area contributed by atoms with Crippen LogP contribution in [0.3, 0.4) is 0 Å². The Kier molecular flexibility index (Phi) is 8.12. The van der Waals surface area contributed by atoms with Crippen molar-refractivity contribution in [1.82, 2.24) is 25.2 Å². The minimum Gasteiger partial charge on any atom is -0.497 e. The van der Waals surface area contributed by atoms with Crippen LogP contribution in [0, 0.1) is 5.82 Å². The highest BCUT2D eigenvalue weighted by atomic mass is 19.1. The van der Waals surface area contributed by atoms with Crippen molar-refractivity contribution in [2.24, 2.45) is 0 Å². The van der Waals surface area contributed by atoms with Crippen molar-refractivity contribution < 1.29 is 23.5 Å². The molecule has 0 aliphatic carbocycles. The molecule has 1 fully saturated rings. The molecule has 39 heavy (non-hydrogen) atoms. The lowest BCUT2D eigenvalue weighted by Crippen LogP contribution is -2.46. The van der Waals surface area contributed by atoms with E-state index in [0.717, 1.165) is 12.8 Å². The summed E-state index contributed by atoms with van der Waals surface area (Å²) in [6.07, 6.45) is 1.74. The number of carbonyl (C=O) groups excluding carboxylic acids is 2. The van der Waals surface area contributed by atoms with Gasteiger partial charge in [0.05, 0.1) is 18.7 Å². The highest BCUT2D eigenvalue weighted by molar-refractivity contribution is 5.89. The molecule has 2 atom stereocenters. The highest BCUT2D eigenvalue weighted by Gasteiger charge is 2.33. The van der Waals surface area contributed by atoms with Crippen LogP contribution < -0.4 is 10.1 Å². The number of methoxy groups -OCH3 is 1. The van der Waals surface area contributed by atoms with E-state index in [1.165, 1.54) is 21.7 Å².